The van der Waals surface area contributed by atoms with Crippen LogP contribution in [-0.4, -0.2) is 11.1 Å². The average Bonchev–Trinajstić information content (AvgIpc) is 2.18. The van der Waals surface area contributed by atoms with E-state index in [0.29, 0.717) is 0 Å². The molecule has 0 atom stereocenters. The quantitative estimate of drug-likeness (QED) is 0.653. The lowest BCUT2D eigenvalue weighted by molar-refractivity contribution is 0.550. The van der Waals surface area contributed by atoms with Crippen molar-refractivity contribution in [2.75, 3.05) is 5.32 Å². The first-order chi connectivity index (χ1) is 6.84. The maximum Gasteiger partial charge on any atom is 0.291 e. The topological polar surface area (TPSA) is 44.6 Å². The number of rotatable bonds is 0. The van der Waals surface area contributed by atoms with E-state index in [1.54, 1.807) is 0 Å². The van der Waals surface area contributed by atoms with E-state index in [4.69, 9.17) is 0 Å². The van der Waals surface area contributed by atoms with Crippen LogP contribution in [0, 0.1) is 0 Å². The summed E-state index contributed by atoms with van der Waals surface area (Å²) < 4.78 is 0. The van der Waals surface area contributed by atoms with Crippen LogP contribution in [-0.2, 0) is 6.42 Å². The highest BCUT2D eigenvalue weighted by Crippen LogP contribution is 2.35. The molecule has 0 aromatic heterocycles. The summed E-state index contributed by atoms with van der Waals surface area (Å²) in [6.07, 6.45) is 4.14. The lowest BCUT2D eigenvalue weighted by Crippen LogP contribution is -2.18. The van der Waals surface area contributed by atoms with Gasteiger partial charge in [0.05, 0.1) is 11.4 Å². The number of aliphatic hydroxyl groups is 1. The summed E-state index contributed by atoms with van der Waals surface area (Å²) in [4.78, 5) is 4.08. The maximum atomic E-state index is 9.37. The fourth-order valence-corrected chi connectivity index (χ4v) is 2.05. The Morgan fingerprint density at radius 1 is 1.36 bits per heavy atom. The highest BCUT2D eigenvalue weighted by Gasteiger charge is 2.20. The van der Waals surface area contributed by atoms with E-state index in [9.17, 15) is 5.11 Å². The largest absolute Gasteiger partial charge is 0.480 e. The lowest BCUT2D eigenvalue weighted by atomic mass is 9.93. The molecule has 0 unspecified atom stereocenters. The zero-order chi connectivity index (χ0) is 9.54. The average molecular weight is 186 g/mol. The zero-order valence-electron chi connectivity index (χ0n) is 7.62. The molecule has 3 nitrogen and oxygen atoms in total. The molecule has 2 N–H and O–H groups in total. The molecule has 0 amide bonds. The Hall–Kier alpha value is -1.77. The van der Waals surface area contributed by atoms with Gasteiger partial charge in [0.25, 0.3) is 6.02 Å². The predicted molar refractivity (Wildman–Crippen MR) is 56.4 cm³/mol. The van der Waals surface area contributed by atoms with Gasteiger partial charge in [-0.2, -0.15) is 4.99 Å². The molecular weight excluding hydrogens is 176 g/mol. The fourth-order valence-electron chi connectivity index (χ4n) is 2.05. The standard InChI is InChI=1S/C11H10N2O/c14-11-12-8-5-1-3-7-4-2-6-9(13-11)10(7)8/h1,3,5-6H,2,4H2,(H2,12,13,14). The number of nitrogens with zero attached hydrogens (tertiary/aromatic N) is 1. The Balaban J connectivity index is 2.29. The number of anilines is 1. The summed E-state index contributed by atoms with van der Waals surface area (Å²) in [7, 11) is 0. The third-order valence-electron chi connectivity index (χ3n) is 2.63. The molecule has 0 saturated carbocycles. The van der Waals surface area contributed by atoms with Gasteiger partial charge < -0.3 is 10.4 Å². The monoisotopic (exact) mass is 186 g/mol. The zero-order valence-corrected chi connectivity index (χ0v) is 7.62. The van der Waals surface area contributed by atoms with Crippen LogP contribution >= 0.6 is 0 Å². The normalized spacial score (nSPS) is 17.7. The van der Waals surface area contributed by atoms with Crippen LogP contribution in [0.5, 0.6) is 0 Å². The van der Waals surface area contributed by atoms with Crippen molar-refractivity contribution in [2.24, 2.45) is 4.99 Å². The highest BCUT2D eigenvalue weighted by atomic mass is 16.3. The van der Waals surface area contributed by atoms with Crippen molar-refractivity contribution in [3.8, 4) is 0 Å². The minimum Gasteiger partial charge on any atom is -0.480 e. The van der Waals surface area contributed by atoms with Gasteiger partial charge in [-0.05, 0) is 24.5 Å². The van der Waals surface area contributed by atoms with Gasteiger partial charge in [0.15, 0.2) is 0 Å². The molecule has 1 aliphatic heterocycles. The number of allylic oxidation sites excluding steroid dienone is 1. The first kappa shape index (κ1) is 7.62. The van der Waals surface area contributed by atoms with E-state index in [2.05, 4.69) is 22.5 Å². The Bertz CT molecular complexity index is 460. The third-order valence-corrected chi connectivity index (χ3v) is 2.63. The lowest BCUT2D eigenvalue weighted by Gasteiger charge is -2.22. The van der Waals surface area contributed by atoms with Crippen LogP contribution in [0.2, 0.25) is 0 Å². The molecule has 0 saturated heterocycles. The number of nitrogens with one attached hydrogen (secondary N) is 1. The van der Waals surface area contributed by atoms with Crippen molar-refractivity contribution >= 4 is 17.4 Å². The Kier molecular flexibility index (Phi) is 1.42. The summed E-state index contributed by atoms with van der Waals surface area (Å²) in [5.41, 5.74) is 4.32. The molecule has 0 fully saturated rings. The first-order valence-electron chi connectivity index (χ1n) is 4.72. The molecule has 1 aliphatic carbocycles. The molecule has 70 valence electrons. The Morgan fingerprint density at radius 2 is 2.29 bits per heavy atom. The smallest absolute Gasteiger partial charge is 0.291 e. The number of aliphatic imine (C=N–C) groups is 1. The molecule has 0 spiro atoms. The number of amidine groups is 1. The van der Waals surface area contributed by atoms with Gasteiger partial charge in [0.1, 0.15) is 0 Å². The molecule has 3 rings (SSSR count). The van der Waals surface area contributed by atoms with Crippen molar-refractivity contribution in [3.63, 3.8) is 0 Å². The minimum absolute atomic E-state index is 0.0113. The van der Waals surface area contributed by atoms with Gasteiger partial charge in [-0.1, -0.05) is 18.2 Å². The molecule has 14 heavy (non-hydrogen) atoms. The molecule has 1 heterocycles. The fraction of sp³-hybridized carbons (Fsp3) is 0.182. The predicted octanol–water partition coefficient (Wildman–Crippen LogP) is 2.31. The van der Waals surface area contributed by atoms with Crippen molar-refractivity contribution < 1.29 is 5.11 Å². The summed E-state index contributed by atoms with van der Waals surface area (Å²) in [5.74, 6) is 0. The highest BCUT2D eigenvalue weighted by molar-refractivity contribution is 6.00. The van der Waals surface area contributed by atoms with Crippen molar-refractivity contribution in [3.05, 3.63) is 35.4 Å². The summed E-state index contributed by atoms with van der Waals surface area (Å²) in [6, 6.07) is 6.07. The summed E-state index contributed by atoms with van der Waals surface area (Å²) >= 11 is 0. The van der Waals surface area contributed by atoms with Gasteiger partial charge in [0.2, 0.25) is 0 Å². The van der Waals surface area contributed by atoms with Gasteiger partial charge >= 0.3 is 0 Å². The van der Waals surface area contributed by atoms with Gasteiger partial charge in [0, 0.05) is 5.56 Å². The van der Waals surface area contributed by atoms with Crippen LogP contribution in [0.1, 0.15) is 17.5 Å². The second kappa shape index (κ2) is 2.61. The van der Waals surface area contributed by atoms with E-state index in [1.165, 1.54) is 5.56 Å². The first-order valence-corrected chi connectivity index (χ1v) is 4.72. The van der Waals surface area contributed by atoms with E-state index < -0.39 is 0 Å². The van der Waals surface area contributed by atoms with E-state index >= 15 is 0 Å². The van der Waals surface area contributed by atoms with Gasteiger partial charge in [-0.15, -0.1) is 0 Å². The van der Waals surface area contributed by atoms with E-state index in [-0.39, 0.29) is 6.02 Å². The molecule has 0 bridgehead atoms. The van der Waals surface area contributed by atoms with Crippen LogP contribution in [0.4, 0.5) is 5.69 Å². The summed E-state index contributed by atoms with van der Waals surface area (Å²) in [6.45, 7) is 0. The van der Waals surface area contributed by atoms with Crippen LogP contribution in [0.15, 0.2) is 29.3 Å². The number of benzene rings is 1. The van der Waals surface area contributed by atoms with Crippen LogP contribution in [0.3, 0.4) is 0 Å². The van der Waals surface area contributed by atoms with Crippen molar-refractivity contribution in [2.45, 2.75) is 12.8 Å². The molecule has 2 aliphatic rings. The van der Waals surface area contributed by atoms with Gasteiger partial charge in [-0.25, -0.2) is 0 Å². The van der Waals surface area contributed by atoms with Gasteiger partial charge in [-0.3, -0.25) is 0 Å². The Labute approximate surface area is 81.8 Å². The molecular formula is C11H10N2O. The van der Waals surface area contributed by atoms with Crippen LogP contribution < -0.4 is 5.32 Å². The van der Waals surface area contributed by atoms with Crippen LogP contribution in [0.25, 0.3) is 5.70 Å². The van der Waals surface area contributed by atoms with E-state index in [0.717, 1.165) is 29.8 Å². The second-order valence-electron chi connectivity index (χ2n) is 3.53. The number of hydrogen-bond acceptors (Lipinski definition) is 2. The molecule has 1 aromatic rings. The molecule has 1 aromatic carbocycles. The van der Waals surface area contributed by atoms with Crippen molar-refractivity contribution in [1.29, 1.82) is 0 Å². The molecule has 0 radical (unpaired) electrons. The van der Waals surface area contributed by atoms with E-state index in [1.807, 2.05) is 12.1 Å². The minimum atomic E-state index is -0.0113. The maximum absolute atomic E-state index is 9.37. The second-order valence-corrected chi connectivity index (χ2v) is 3.53. The summed E-state index contributed by atoms with van der Waals surface area (Å²) in [5, 5.41) is 12.2. The van der Waals surface area contributed by atoms with Crippen molar-refractivity contribution in [1.82, 2.24) is 0 Å². The third kappa shape index (κ3) is 0.954. The SMILES string of the molecule is OC1=NC2=CCCc3cccc(c32)N1. The Morgan fingerprint density at radius 3 is 3.21 bits per heavy atom. The molecule has 3 heteroatoms. The number of aliphatic hydroxyl groups excluding tert-OH is 1. The number of hydrogen-bond donors (Lipinski definition) is 2. The number of aryl methyl sites for hydroxylation is 1.